The Labute approximate surface area is 122 Å². The fourth-order valence-corrected chi connectivity index (χ4v) is 2.48. The molecule has 1 N–H and O–H groups in total. The van der Waals surface area contributed by atoms with E-state index in [0.29, 0.717) is 0 Å². The number of hydrogen-bond acceptors (Lipinski definition) is 4. The zero-order chi connectivity index (χ0) is 14.8. The quantitative estimate of drug-likeness (QED) is 0.897. The third-order valence-electron chi connectivity index (χ3n) is 3.87. The van der Waals surface area contributed by atoms with Gasteiger partial charge in [0.15, 0.2) is 0 Å². The first-order chi connectivity index (χ1) is 9.40. The maximum Gasteiger partial charge on any atom is 0.129 e. The summed E-state index contributed by atoms with van der Waals surface area (Å²) in [4.78, 5) is 9.55. The van der Waals surface area contributed by atoms with Crippen molar-refractivity contribution in [2.45, 2.75) is 39.2 Å². The first-order valence-electron chi connectivity index (χ1n) is 7.46. The summed E-state index contributed by atoms with van der Waals surface area (Å²) in [6, 6.07) is 4.05. The highest BCUT2D eigenvalue weighted by atomic mass is 16.3. The zero-order valence-corrected chi connectivity index (χ0v) is 13.2. The van der Waals surface area contributed by atoms with Gasteiger partial charge in [-0.1, -0.05) is 20.8 Å². The van der Waals surface area contributed by atoms with E-state index in [0.717, 1.165) is 49.7 Å². The second-order valence-corrected chi connectivity index (χ2v) is 6.77. The van der Waals surface area contributed by atoms with Gasteiger partial charge in [-0.15, -0.1) is 0 Å². The Hall–Kier alpha value is -1.13. The minimum atomic E-state index is 0.00255. The van der Waals surface area contributed by atoms with Crippen LogP contribution in [0.4, 0.5) is 5.82 Å². The van der Waals surface area contributed by atoms with Crippen molar-refractivity contribution in [3.8, 4) is 0 Å². The number of aromatic nitrogens is 1. The van der Waals surface area contributed by atoms with Crippen molar-refractivity contribution in [2.75, 3.05) is 38.1 Å². The summed E-state index contributed by atoms with van der Waals surface area (Å²) in [5.74, 6) is 1.01. The number of aliphatic hydroxyl groups excluding tert-OH is 1. The van der Waals surface area contributed by atoms with Crippen LogP contribution in [0.15, 0.2) is 12.1 Å². The Morgan fingerprint density at radius 3 is 2.55 bits per heavy atom. The predicted molar refractivity (Wildman–Crippen MR) is 83.2 cm³/mol. The molecule has 0 radical (unpaired) electrons. The third-order valence-corrected chi connectivity index (χ3v) is 3.87. The van der Waals surface area contributed by atoms with Gasteiger partial charge >= 0.3 is 0 Å². The molecule has 1 saturated heterocycles. The van der Waals surface area contributed by atoms with Crippen molar-refractivity contribution in [2.24, 2.45) is 0 Å². The van der Waals surface area contributed by atoms with Crippen LogP contribution in [0.2, 0.25) is 0 Å². The molecular weight excluding hydrogens is 250 g/mol. The van der Waals surface area contributed by atoms with Gasteiger partial charge in [0.1, 0.15) is 5.82 Å². The molecule has 0 amide bonds. The van der Waals surface area contributed by atoms with E-state index in [4.69, 9.17) is 4.98 Å². The molecule has 0 bridgehead atoms. The van der Waals surface area contributed by atoms with E-state index in [9.17, 15) is 5.11 Å². The van der Waals surface area contributed by atoms with Crippen molar-refractivity contribution in [3.05, 3.63) is 23.4 Å². The van der Waals surface area contributed by atoms with Crippen LogP contribution in [0, 0.1) is 0 Å². The standard InChI is InChI=1S/C16H27N3O/c1-16(2,3)14-10-13(12-20)11-15(17-14)19-7-5-6-18(4)8-9-19/h10-11,20H,5-9,12H2,1-4H3. The van der Waals surface area contributed by atoms with Gasteiger partial charge in [-0.3, -0.25) is 0 Å². The lowest BCUT2D eigenvalue weighted by Gasteiger charge is -2.26. The van der Waals surface area contributed by atoms with Crippen LogP contribution in [0.5, 0.6) is 0 Å². The van der Waals surface area contributed by atoms with Gasteiger partial charge in [0, 0.05) is 30.7 Å². The fraction of sp³-hybridized carbons (Fsp3) is 0.688. The van der Waals surface area contributed by atoms with Crippen LogP contribution in [0.25, 0.3) is 0 Å². The van der Waals surface area contributed by atoms with E-state index in [1.807, 2.05) is 12.1 Å². The number of rotatable bonds is 2. The first kappa shape index (κ1) is 15.3. The van der Waals surface area contributed by atoms with Crippen molar-refractivity contribution >= 4 is 5.82 Å². The average molecular weight is 277 g/mol. The van der Waals surface area contributed by atoms with Gasteiger partial charge in [-0.2, -0.15) is 0 Å². The minimum absolute atomic E-state index is 0.00255. The zero-order valence-electron chi connectivity index (χ0n) is 13.2. The van der Waals surface area contributed by atoms with Gasteiger partial charge in [0.05, 0.1) is 6.61 Å². The number of likely N-dealkylation sites (N-methyl/N-ethyl adjacent to an activating group) is 1. The van der Waals surface area contributed by atoms with Gasteiger partial charge in [0.25, 0.3) is 0 Å². The number of nitrogens with zero attached hydrogens (tertiary/aromatic N) is 3. The predicted octanol–water partition coefficient (Wildman–Crippen LogP) is 2.01. The van der Waals surface area contributed by atoms with Crippen LogP contribution in [0.3, 0.4) is 0 Å². The minimum Gasteiger partial charge on any atom is -0.392 e. The molecule has 0 atom stereocenters. The molecule has 1 aromatic rings. The molecule has 2 heterocycles. The van der Waals surface area contributed by atoms with E-state index in [2.05, 4.69) is 37.6 Å². The number of anilines is 1. The summed E-state index contributed by atoms with van der Waals surface area (Å²) < 4.78 is 0. The highest BCUT2D eigenvalue weighted by Gasteiger charge is 2.20. The monoisotopic (exact) mass is 277 g/mol. The number of pyridine rings is 1. The Kier molecular flexibility index (Phi) is 4.66. The Bertz CT molecular complexity index is 454. The molecule has 0 aromatic carbocycles. The van der Waals surface area contributed by atoms with Crippen LogP contribution in [-0.2, 0) is 12.0 Å². The van der Waals surface area contributed by atoms with Crippen LogP contribution >= 0.6 is 0 Å². The highest BCUT2D eigenvalue weighted by Crippen LogP contribution is 2.25. The molecule has 0 aliphatic carbocycles. The molecule has 112 valence electrons. The second-order valence-electron chi connectivity index (χ2n) is 6.77. The largest absolute Gasteiger partial charge is 0.392 e. The smallest absolute Gasteiger partial charge is 0.129 e. The SMILES string of the molecule is CN1CCCN(c2cc(CO)cc(C(C)(C)C)n2)CC1. The maximum atomic E-state index is 9.49. The van der Waals surface area contributed by atoms with E-state index < -0.39 is 0 Å². The van der Waals surface area contributed by atoms with Gasteiger partial charge < -0.3 is 14.9 Å². The van der Waals surface area contributed by atoms with Crippen molar-refractivity contribution < 1.29 is 5.11 Å². The maximum absolute atomic E-state index is 9.49. The lowest BCUT2D eigenvalue weighted by Crippen LogP contribution is -2.30. The highest BCUT2D eigenvalue weighted by molar-refractivity contribution is 5.44. The van der Waals surface area contributed by atoms with Crippen molar-refractivity contribution in [1.82, 2.24) is 9.88 Å². The summed E-state index contributed by atoms with van der Waals surface area (Å²) in [5.41, 5.74) is 2.01. The summed E-state index contributed by atoms with van der Waals surface area (Å²) in [6.45, 7) is 10.8. The normalized spacial score (nSPS) is 18.1. The molecule has 20 heavy (non-hydrogen) atoms. The molecule has 0 unspecified atom stereocenters. The molecule has 4 heteroatoms. The Balaban J connectivity index is 2.30. The third kappa shape index (κ3) is 3.70. The van der Waals surface area contributed by atoms with Crippen LogP contribution < -0.4 is 4.90 Å². The van der Waals surface area contributed by atoms with Crippen LogP contribution in [-0.4, -0.2) is 48.2 Å². The summed E-state index contributed by atoms with van der Waals surface area (Å²) in [7, 11) is 2.17. The van der Waals surface area contributed by atoms with Crippen molar-refractivity contribution in [1.29, 1.82) is 0 Å². The van der Waals surface area contributed by atoms with Gasteiger partial charge in [-0.25, -0.2) is 4.98 Å². The summed E-state index contributed by atoms with van der Waals surface area (Å²) in [5, 5.41) is 9.49. The lowest BCUT2D eigenvalue weighted by molar-refractivity contribution is 0.281. The van der Waals surface area contributed by atoms with E-state index >= 15 is 0 Å². The average Bonchev–Trinajstić information content (AvgIpc) is 2.62. The van der Waals surface area contributed by atoms with Crippen LogP contribution in [0.1, 0.15) is 38.4 Å². The summed E-state index contributed by atoms with van der Waals surface area (Å²) >= 11 is 0. The van der Waals surface area contributed by atoms with Crippen molar-refractivity contribution in [3.63, 3.8) is 0 Å². The molecular formula is C16H27N3O. The molecule has 0 spiro atoms. The summed E-state index contributed by atoms with van der Waals surface area (Å²) in [6.07, 6.45) is 1.16. The molecule has 1 aliphatic rings. The molecule has 4 nitrogen and oxygen atoms in total. The Morgan fingerprint density at radius 1 is 1.15 bits per heavy atom. The topological polar surface area (TPSA) is 39.6 Å². The second kappa shape index (κ2) is 6.10. The molecule has 0 saturated carbocycles. The molecule has 1 aromatic heterocycles. The number of aliphatic hydroxyl groups is 1. The first-order valence-corrected chi connectivity index (χ1v) is 7.46. The molecule has 1 aliphatic heterocycles. The molecule has 2 rings (SSSR count). The fourth-order valence-electron chi connectivity index (χ4n) is 2.48. The van der Waals surface area contributed by atoms with Gasteiger partial charge in [0.2, 0.25) is 0 Å². The lowest BCUT2D eigenvalue weighted by atomic mass is 9.91. The number of hydrogen-bond donors (Lipinski definition) is 1. The van der Waals surface area contributed by atoms with E-state index in [1.165, 1.54) is 0 Å². The van der Waals surface area contributed by atoms with E-state index in [1.54, 1.807) is 0 Å². The van der Waals surface area contributed by atoms with E-state index in [-0.39, 0.29) is 12.0 Å². The molecule has 1 fully saturated rings. The Morgan fingerprint density at radius 2 is 1.90 bits per heavy atom. The van der Waals surface area contributed by atoms with Gasteiger partial charge in [-0.05, 0) is 37.7 Å².